The zero-order valence-corrected chi connectivity index (χ0v) is 25.5. The number of ether oxygens (including phenoxy) is 2. The van der Waals surface area contributed by atoms with Crippen molar-refractivity contribution in [1.82, 2.24) is 5.32 Å². The molecule has 0 bridgehead atoms. The number of hydrogen-bond acceptors (Lipinski definition) is 10. The molecule has 45 heavy (non-hydrogen) atoms. The van der Waals surface area contributed by atoms with E-state index in [9.17, 15) is 35.0 Å². The fourth-order valence-electron chi connectivity index (χ4n) is 4.84. The van der Waals surface area contributed by atoms with E-state index in [0.717, 1.165) is 0 Å². The highest BCUT2D eigenvalue weighted by Crippen LogP contribution is 2.36. The maximum absolute atomic E-state index is 12.1. The summed E-state index contributed by atoms with van der Waals surface area (Å²) in [5, 5.41) is 43.6. The molecule has 244 valence electrons. The maximum atomic E-state index is 12.1. The van der Waals surface area contributed by atoms with Gasteiger partial charge < -0.3 is 34.9 Å². The van der Waals surface area contributed by atoms with Crippen molar-refractivity contribution < 1.29 is 44.3 Å². The van der Waals surface area contributed by atoms with Gasteiger partial charge in [-0.3, -0.25) is 9.59 Å². The molecule has 1 fully saturated rings. The molecular formula is C32H39ClN2O10. The van der Waals surface area contributed by atoms with Gasteiger partial charge in [0.05, 0.1) is 12.2 Å². The molecule has 0 aromatic heterocycles. The molecular weight excluding hydrogens is 608 g/mol. The Labute approximate surface area is 266 Å². The van der Waals surface area contributed by atoms with Crippen molar-refractivity contribution in [2.24, 2.45) is 11.8 Å². The minimum atomic E-state index is -0.901. The van der Waals surface area contributed by atoms with Crippen LogP contribution in [0.1, 0.15) is 43.2 Å². The van der Waals surface area contributed by atoms with Crippen molar-refractivity contribution >= 4 is 23.5 Å². The van der Waals surface area contributed by atoms with Crippen LogP contribution >= 0.6 is 11.6 Å². The van der Waals surface area contributed by atoms with Crippen LogP contribution in [0.25, 0.3) is 0 Å². The van der Waals surface area contributed by atoms with E-state index in [2.05, 4.69) is 10.2 Å². The summed E-state index contributed by atoms with van der Waals surface area (Å²) in [7, 11) is 0. The number of carbonyl (C=O) groups is 2. The van der Waals surface area contributed by atoms with E-state index >= 15 is 0 Å². The van der Waals surface area contributed by atoms with Crippen LogP contribution in [0, 0.1) is 22.0 Å². The second-order valence-electron chi connectivity index (χ2n) is 10.7. The number of allylic oxidation sites excluding steroid dienone is 2. The fourth-order valence-corrected chi connectivity index (χ4v) is 5.02. The third kappa shape index (κ3) is 13.3. The van der Waals surface area contributed by atoms with Gasteiger partial charge in [0.25, 0.3) is 5.09 Å². The topological polar surface area (TPSA) is 178 Å². The first-order valence-electron chi connectivity index (χ1n) is 14.6. The van der Waals surface area contributed by atoms with Gasteiger partial charge in [-0.25, -0.2) is 0 Å². The molecule has 0 radical (unpaired) electrons. The minimum Gasteiger partial charge on any atom is -0.491 e. The number of halogens is 1. The summed E-state index contributed by atoms with van der Waals surface area (Å²) in [6.07, 6.45) is 6.99. The number of carbonyl (C=O) groups excluding carboxylic acids is 2. The number of benzene rings is 2. The molecule has 3 rings (SSSR count). The Morgan fingerprint density at radius 3 is 2.53 bits per heavy atom. The van der Waals surface area contributed by atoms with Crippen molar-refractivity contribution in [3.05, 3.63) is 99.1 Å². The van der Waals surface area contributed by atoms with Gasteiger partial charge in [-0.15, -0.1) is 10.1 Å². The molecule has 5 atom stereocenters. The number of rotatable bonds is 18. The number of amides is 1. The molecule has 2 aromatic carbocycles. The summed E-state index contributed by atoms with van der Waals surface area (Å²) in [4.78, 5) is 38.6. The molecule has 1 amide bonds. The number of hydrogen-bond donors (Lipinski definition) is 4. The summed E-state index contributed by atoms with van der Waals surface area (Å²) in [5.41, 5.74) is 1.29. The number of esters is 1. The van der Waals surface area contributed by atoms with Crippen LogP contribution in [0.3, 0.4) is 0 Å². The SMILES string of the molecule is O=C(CCC/C=C\C[C@@H]1[C@@H](/C=C/[C@@H](O)COc2cccc(Cl)c2)[C@H](O)C[C@@H]1O)NCC(=O)OCc1ccc(CO[N+](=O)[O-])cc1. The lowest BCUT2D eigenvalue weighted by atomic mass is 9.89. The van der Waals surface area contributed by atoms with Crippen LogP contribution in [0.4, 0.5) is 0 Å². The van der Waals surface area contributed by atoms with Gasteiger partial charge in [0.2, 0.25) is 5.91 Å². The Kier molecular flexibility index (Phi) is 14.8. The van der Waals surface area contributed by atoms with E-state index in [1.807, 2.05) is 12.2 Å². The van der Waals surface area contributed by atoms with Crippen molar-refractivity contribution in [3.63, 3.8) is 0 Å². The normalized spacial score (nSPS) is 20.3. The van der Waals surface area contributed by atoms with Crippen LogP contribution in [-0.4, -0.2) is 63.7 Å². The second kappa shape index (κ2) is 18.7. The maximum Gasteiger partial charge on any atom is 0.325 e. The average Bonchev–Trinajstić information content (AvgIpc) is 3.29. The smallest absolute Gasteiger partial charge is 0.325 e. The molecule has 4 N–H and O–H groups in total. The molecule has 0 heterocycles. The summed E-state index contributed by atoms with van der Waals surface area (Å²) in [5.74, 6) is -0.885. The van der Waals surface area contributed by atoms with Gasteiger partial charge in [0.15, 0.2) is 0 Å². The van der Waals surface area contributed by atoms with Crippen LogP contribution < -0.4 is 10.1 Å². The quantitative estimate of drug-likeness (QED) is 0.0614. The second-order valence-corrected chi connectivity index (χ2v) is 11.1. The standard InChI is InChI=1S/C32H39ClN2O10/c33-24-6-5-7-26(16-24)43-21-25(36)14-15-28-27(29(37)17-30(28)38)8-3-1-2-4-9-31(39)34-18-32(40)44-19-22-10-12-23(13-11-22)20-45-35(41)42/h1,3,5-7,10-16,25,27-30,36-38H,2,4,8-9,17-21H2,(H,34,39)/b3-1-,15-14+/t25-,27-,28-,29+,30-/m1/s1. The lowest BCUT2D eigenvalue weighted by molar-refractivity contribution is -0.763. The number of aliphatic hydroxyl groups excluding tert-OH is 3. The Bertz CT molecular complexity index is 1300. The number of aliphatic hydroxyl groups is 3. The molecule has 1 aliphatic rings. The van der Waals surface area contributed by atoms with E-state index in [-0.39, 0.29) is 57.0 Å². The third-order valence-electron chi connectivity index (χ3n) is 7.23. The molecule has 1 aliphatic carbocycles. The molecule has 2 aromatic rings. The first-order chi connectivity index (χ1) is 21.6. The number of nitrogens with zero attached hydrogens (tertiary/aromatic N) is 1. The van der Waals surface area contributed by atoms with Gasteiger partial charge in [-0.2, -0.15) is 0 Å². The first kappa shape index (κ1) is 35.5. The van der Waals surface area contributed by atoms with Gasteiger partial charge in [-0.1, -0.05) is 66.2 Å². The van der Waals surface area contributed by atoms with Crippen LogP contribution in [0.5, 0.6) is 5.75 Å². The van der Waals surface area contributed by atoms with Crippen molar-refractivity contribution in [2.45, 2.75) is 63.6 Å². The molecule has 12 nitrogen and oxygen atoms in total. The summed E-state index contributed by atoms with van der Waals surface area (Å²) in [6, 6.07) is 13.4. The average molecular weight is 647 g/mol. The van der Waals surface area contributed by atoms with Crippen molar-refractivity contribution in [1.29, 1.82) is 0 Å². The lowest BCUT2D eigenvalue weighted by Gasteiger charge is -2.19. The Morgan fingerprint density at radius 2 is 1.82 bits per heavy atom. The third-order valence-corrected chi connectivity index (χ3v) is 7.46. The van der Waals surface area contributed by atoms with E-state index in [1.54, 1.807) is 60.7 Å². The monoisotopic (exact) mass is 646 g/mol. The highest BCUT2D eigenvalue weighted by Gasteiger charge is 2.39. The van der Waals surface area contributed by atoms with Crippen molar-refractivity contribution in [3.8, 4) is 5.75 Å². The summed E-state index contributed by atoms with van der Waals surface area (Å²) in [6.45, 7) is -0.417. The molecule has 0 spiro atoms. The largest absolute Gasteiger partial charge is 0.491 e. The highest BCUT2D eigenvalue weighted by molar-refractivity contribution is 6.30. The van der Waals surface area contributed by atoms with E-state index in [4.69, 9.17) is 21.1 Å². The highest BCUT2D eigenvalue weighted by atomic mass is 35.5. The van der Waals surface area contributed by atoms with Crippen LogP contribution in [-0.2, 0) is 32.4 Å². The molecule has 0 unspecified atom stereocenters. The van der Waals surface area contributed by atoms with E-state index in [1.165, 1.54) is 0 Å². The van der Waals surface area contributed by atoms with E-state index < -0.39 is 29.4 Å². The summed E-state index contributed by atoms with van der Waals surface area (Å²) >= 11 is 5.94. The Morgan fingerprint density at radius 1 is 1.09 bits per heavy atom. The lowest BCUT2D eigenvalue weighted by Crippen LogP contribution is -2.30. The predicted molar refractivity (Wildman–Crippen MR) is 164 cm³/mol. The minimum absolute atomic E-state index is 0.00177. The molecule has 0 saturated heterocycles. The zero-order chi connectivity index (χ0) is 32.6. The van der Waals surface area contributed by atoms with Crippen molar-refractivity contribution in [2.75, 3.05) is 13.2 Å². The van der Waals surface area contributed by atoms with E-state index in [0.29, 0.717) is 41.2 Å². The number of nitrogens with one attached hydrogen (secondary N) is 1. The molecule has 13 heteroatoms. The molecule has 1 saturated carbocycles. The number of unbranched alkanes of at least 4 members (excludes halogenated alkanes) is 1. The summed E-state index contributed by atoms with van der Waals surface area (Å²) < 4.78 is 10.7. The Hall–Kier alpha value is -3.97. The van der Waals surface area contributed by atoms with Gasteiger partial charge in [-0.05, 0) is 54.5 Å². The van der Waals surface area contributed by atoms with Gasteiger partial charge in [0, 0.05) is 23.8 Å². The first-order valence-corrected chi connectivity index (χ1v) is 15.0. The fraction of sp³-hybridized carbons (Fsp3) is 0.438. The van der Waals surface area contributed by atoms with Gasteiger partial charge >= 0.3 is 5.97 Å². The van der Waals surface area contributed by atoms with Crippen LogP contribution in [0.2, 0.25) is 5.02 Å². The predicted octanol–water partition coefficient (Wildman–Crippen LogP) is 3.68. The van der Waals surface area contributed by atoms with Crippen LogP contribution in [0.15, 0.2) is 72.8 Å². The Balaban J connectivity index is 1.29. The van der Waals surface area contributed by atoms with Gasteiger partial charge in [0.1, 0.15) is 38.2 Å². The molecule has 0 aliphatic heterocycles. The zero-order valence-electron chi connectivity index (χ0n) is 24.7.